The molecule has 0 bridgehead atoms. The fourth-order valence-electron chi connectivity index (χ4n) is 3.06. The summed E-state index contributed by atoms with van der Waals surface area (Å²) in [6.07, 6.45) is 3.48. The van der Waals surface area contributed by atoms with E-state index in [9.17, 15) is 4.79 Å². The van der Waals surface area contributed by atoms with Gasteiger partial charge < -0.3 is 10.6 Å². The Kier molecular flexibility index (Phi) is 4.23. The second-order valence-corrected chi connectivity index (χ2v) is 7.71. The zero-order chi connectivity index (χ0) is 17.3. The maximum absolute atomic E-state index is 12.6. The first-order chi connectivity index (χ1) is 12.1. The summed E-state index contributed by atoms with van der Waals surface area (Å²) in [4.78, 5) is 21.6. The van der Waals surface area contributed by atoms with Crippen molar-refractivity contribution in [2.75, 3.05) is 18.4 Å². The van der Waals surface area contributed by atoms with Crippen molar-refractivity contribution in [2.24, 2.45) is 5.41 Å². The third-order valence-corrected chi connectivity index (χ3v) is 5.89. The minimum absolute atomic E-state index is 0.0502. The van der Waals surface area contributed by atoms with Crippen LogP contribution in [-0.2, 0) is 4.79 Å². The summed E-state index contributed by atoms with van der Waals surface area (Å²) >= 11 is 1.65. The van der Waals surface area contributed by atoms with E-state index in [0.29, 0.717) is 5.82 Å². The standard InChI is InChI=1S/C19H20N4OS/c1-19(8-10-20-11-9-19)18(24)23-16-7-6-13(12-21-16)17-22-14-4-2-3-5-15(14)25-17/h2-7,12,20H,8-11H2,1H3,(H,21,23,24). The molecule has 4 rings (SSSR count). The van der Waals surface area contributed by atoms with Crippen LogP contribution >= 0.6 is 11.3 Å². The lowest BCUT2D eigenvalue weighted by molar-refractivity contribution is -0.126. The van der Waals surface area contributed by atoms with E-state index in [1.54, 1.807) is 17.5 Å². The molecule has 1 saturated heterocycles. The van der Waals surface area contributed by atoms with Crippen molar-refractivity contribution >= 4 is 33.3 Å². The minimum Gasteiger partial charge on any atom is -0.317 e. The minimum atomic E-state index is -0.321. The van der Waals surface area contributed by atoms with E-state index in [1.807, 2.05) is 37.3 Å². The van der Waals surface area contributed by atoms with Gasteiger partial charge in [0.2, 0.25) is 5.91 Å². The summed E-state index contributed by atoms with van der Waals surface area (Å²) in [6.45, 7) is 3.79. The number of fused-ring (bicyclic) bond motifs is 1. The van der Waals surface area contributed by atoms with Crippen LogP contribution in [0.1, 0.15) is 19.8 Å². The van der Waals surface area contributed by atoms with E-state index in [1.165, 1.54) is 0 Å². The maximum atomic E-state index is 12.6. The normalized spacial score (nSPS) is 16.7. The number of amides is 1. The Bertz CT molecular complexity index is 864. The Labute approximate surface area is 150 Å². The van der Waals surface area contributed by atoms with Crippen LogP contribution in [-0.4, -0.2) is 29.0 Å². The fraction of sp³-hybridized carbons (Fsp3) is 0.316. The number of hydrogen-bond acceptors (Lipinski definition) is 5. The van der Waals surface area contributed by atoms with Gasteiger partial charge in [-0.05, 0) is 50.2 Å². The van der Waals surface area contributed by atoms with Crippen LogP contribution in [0.3, 0.4) is 0 Å². The first-order valence-electron chi connectivity index (χ1n) is 8.48. The van der Waals surface area contributed by atoms with Gasteiger partial charge in [0.25, 0.3) is 0 Å². The molecule has 3 aromatic rings. The largest absolute Gasteiger partial charge is 0.317 e. The number of aromatic nitrogens is 2. The van der Waals surface area contributed by atoms with Crippen LogP contribution < -0.4 is 10.6 Å². The Balaban J connectivity index is 1.51. The fourth-order valence-corrected chi connectivity index (χ4v) is 4.02. The maximum Gasteiger partial charge on any atom is 0.231 e. The number of benzene rings is 1. The number of carbonyl (C=O) groups excluding carboxylic acids is 1. The number of thiazole rings is 1. The first kappa shape index (κ1) is 16.2. The molecule has 0 spiro atoms. The van der Waals surface area contributed by atoms with Crippen molar-refractivity contribution in [3.8, 4) is 10.6 Å². The molecule has 1 fully saturated rings. The SMILES string of the molecule is CC1(C(=O)Nc2ccc(-c3nc4ccccc4s3)cn2)CCNCC1. The van der Waals surface area contributed by atoms with Crippen molar-refractivity contribution in [3.05, 3.63) is 42.6 Å². The van der Waals surface area contributed by atoms with Crippen LogP contribution in [0.15, 0.2) is 42.6 Å². The summed E-state index contributed by atoms with van der Waals surface area (Å²) < 4.78 is 1.16. The molecule has 2 N–H and O–H groups in total. The highest BCUT2D eigenvalue weighted by atomic mass is 32.1. The number of hydrogen-bond donors (Lipinski definition) is 2. The van der Waals surface area contributed by atoms with Crippen LogP contribution in [0.25, 0.3) is 20.8 Å². The van der Waals surface area contributed by atoms with Crippen molar-refractivity contribution in [1.29, 1.82) is 0 Å². The highest BCUT2D eigenvalue weighted by Crippen LogP contribution is 2.31. The predicted molar refractivity (Wildman–Crippen MR) is 102 cm³/mol. The van der Waals surface area contributed by atoms with E-state index in [0.717, 1.165) is 46.7 Å². The van der Waals surface area contributed by atoms with Crippen molar-refractivity contribution in [1.82, 2.24) is 15.3 Å². The van der Waals surface area contributed by atoms with Gasteiger partial charge >= 0.3 is 0 Å². The number of nitrogens with zero attached hydrogens (tertiary/aromatic N) is 2. The lowest BCUT2D eigenvalue weighted by Crippen LogP contribution is -2.42. The van der Waals surface area contributed by atoms with E-state index in [2.05, 4.69) is 26.7 Å². The van der Waals surface area contributed by atoms with Gasteiger partial charge in [0.1, 0.15) is 10.8 Å². The van der Waals surface area contributed by atoms with Crippen molar-refractivity contribution in [2.45, 2.75) is 19.8 Å². The second-order valence-electron chi connectivity index (χ2n) is 6.68. The zero-order valence-corrected chi connectivity index (χ0v) is 14.9. The summed E-state index contributed by atoms with van der Waals surface area (Å²) in [5, 5.41) is 7.20. The summed E-state index contributed by atoms with van der Waals surface area (Å²) in [7, 11) is 0. The van der Waals surface area contributed by atoms with Crippen LogP contribution in [0, 0.1) is 5.41 Å². The van der Waals surface area contributed by atoms with Crippen LogP contribution in [0.4, 0.5) is 5.82 Å². The molecule has 0 saturated carbocycles. The van der Waals surface area contributed by atoms with Crippen molar-refractivity contribution in [3.63, 3.8) is 0 Å². The van der Waals surface area contributed by atoms with Crippen molar-refractivity contribution < 1.29 is 4.79 Å². The van der Waals surface area contributed by atoms with Gasteiger partial charge in [0.05, 0.1) is 10.2 Å². The second kappa shape index (κ2) is 6.54. The molecule has 1 amide bonds. The first-order valence-corrected chi connectivity index (χ1v) is 9.30. The monoisotopic (exact) mass is 352 g/mol. The molecular formula is C19H20N4OS. The summed E-state index contributed by atoms with van der Waals surface area (Å²) in [5.74, 6) is 0.642. The average molecular weight is 352 g/mol. The van der Waals surface area contributed by atoms with Gasteiger partial charge in [-0.2, -0.15) is 0 Å². The molecule has 25 heavy (non-hydrogen) atoms. The lowest BCUT2D eigenvalue weighted by Gasteiger charge is -2.32. The van der Waals surface area contributed by atoms with E-state index in [4.69, 9.17) is 0 Å². The third kappa shape index (κ3) is 3.27. The van der Waals surface area contributed by atoms with E-state index < -0.39 is 0 Å². The molecule has 0 aliphatic carbocycles. The predicted octanol–water partition coefficient (Wildman–Crippen LogP) is 3.69. The van der Waals surface area contributed by atoms with Gasteiger partial charge in [-0.15, -0.1) is 11.3 Å². The molecule has 2 aromatic heterocycles. The summed E-state index contributed by atoms with van der Waals surface area (Å²) in [5.41, 5.74) is 1.64. The molecule has 3 heterocycles. The number of piperidine rings is 1. The highest BCUT2D eigenvalue weighted by Gasteiger charge is 2.34. The molecule has 5 nitrogen and oxygen atoms in total. The number of nitrogens with one attached hydrogen (secondary N) is 2. The number of carbonyl (C=O) groups is 1. The number of para-hydroxylation sites is 1. The smallest absolute Gasteiger partial charge is 0.231 e. The highest BCUT2D eigenvalue weighted by molar-refractivity contribution is 7.21. The topological polar surface area (TPSA) is 66.9 Å². The average Bonchev–Trinajstić information content (AvgIpc) is 3.07. The molecule has 128 valence electrons. The third-order valence-electron chi connectivity index (χ3n) is 4.80. The molecule has 1 aliphatic rings. The van der Waals surface area contributed by atoms with Gasteiger partial charge in [-0.25, -0.2) is 9.97 Å². The molecule has 6 heteroatoms. The lowest BCUT2D eigenvalue weighted by atomic mass is 9.80. The molecule has 1 aromatic carbocycles. The number of pyridine rings is 1. The molecule has 0 atom stereocenters. The van der Waals surface area contributed by atoms with Gasteiger partial charge in [-0.1, -0.05) is 19.1 Å². The Morgan fingerprint density at radius 1 is 1.20 bits per heavy atom. The van der Waals surface area contributed by atoms with Crippen LogP contribution in [0.5, 0.6) is 0 Å². The molecule has 0 radical (unpaired) electrons. The molecule has 0 unspecified atom stereocenters. The summed E-state index contributed by atoms with van der Waals surface area (Å²) in [6, 6.07) is 11.9. The number of rotatable bonds is 3. The Hall–Kier alpha value is -2.31. The quantitative estimate of drug-likeness (QED) is 0.754. The number of anilines is 1. The van der Waals surface area contributed by atoms with Gasteiger partial charge in [-0.3, -0.25) is 4.79 Å². The zero-order valence-electron chi connectivity index (χ0n) is 14.1. The Morgan fingerprint density at radius 2 is 2.00 bits per heavy atom. The van der Waals surface area contributed by atoms with E-state index >= 15 is 0 Å². The Morgan fingerprint density at radius 3 is 2.72 bits per heavy atom. The molecule has 1 aliphatic heterocycles. The molecular weight excluding hydrogens is 332 g/mol. The van der Waals surface area contributed by atoms with Gasteiger partial charge in [0, 0.05) is 17.2 Å². The van der Waals surface area contributed by atoms with E-state index in [-0.39, 0.29) is 11.3 Å². The van der Waals surface area contributed by atoms with Crippen LogP contribution in [0.2, 0.25) is 0 Å². The van der Waals surface area contributed by atoms with Gasteiger partial charge in [0.15, 0.2) is 0 Å².